The van der Waals surface area contributed by atoms with Gasteiger partial charge in [0.15, 0.2) is 0 Å². The van der Waals surface area contributed by atoms with E-state index in [-0.39, 0.29) is 6.54 Å². The first-order chi connectivity index (χ1) is 9.92. The van der Waals surface area contributed by atoms with Crippen LogP contribution < -0.4 is 10.0 Å². The Balaban J connectivity index is 2.08. The third-order valence-corrected chi connectivity index (χ3v) is 6.13. The van der Waals surface area contributed by atoms with Crippen molar-refractivity contribution in [2.75, 3.05) is 6.54 Å². The van der Waals surface area contributed by atoms with E-state index < -0.39 is 10.0 Å². The molecule has 0 amide bonds. The summed E-state index contributed by atoms with van der Waals surface area (Å²) in [6.45, 7) is 5.76. The van der Waals surface area contributed by atoms with Gasteiger partial charge in [-0.2, -0.15) is 5.10 Å². The summed E-state index contributed by atoms with van der Waals surface area (Å²) in [6.07, 6.45) is 3.44. The monoisotopic (exact) mass is 328 g/mol. The fourth-order valence-electron chi connectivity index (χ4n) is 1.85. The summed E-state index contributed by atoms with van der Waals surface area (Å²) in [5, 5.41) is 7.23. The maximum Gasteiger partial charge on any atom is 0.250 e. The third kappa shape index (κ3) is 4.13. The summed E-state index contributed by atoms with van der Waals surface area (Å²) in [5.74, 6) is 0. The Morgan fingerprint density at radius 2 is 2.14 bits per heavy atom. The molecule has 0 aliphatic heterocycles. The fraction of sp³-hybridized carbons (Fsp3) is 0.462. The second-order valence-electron chi connectivity index (χ2n) is 4.80. The predicted molar refractivity (Wildman–Crippen MR) is 83.7 cm³/mol. The number of aromatic nitrogens is 2. The largest absolute Gasteiger partial charge is 0.312 e. The molecule has 6 nitrogen and oxygen atoms in total. The lowest BCUT2D eigenvalue weighted by Gasteiger charge is -2.02. The summed E-state index contributed by atoms with van der Waals surface area (Å²) in [6, 6.07) is 1.73. The minimum atomic E-state index is -3.47. The Kier molecular flexibility index (Phi) is 5.15. The zero-order valence-corrected chi connectivity index (χ0v) is 14.0. The lowest BCUT2D eigenvalue weighted by molar-refractivity contribution is 0.583. The molecule has 2 rings (SSSR count). The lowest BCUT2D eigenvalue weighted by Crippen LogP contribution is -2.22. The number of nitrogens with one attached hydrogen (secondary N) is 2. The van der Waals surface area contributed by atoms with Crippen LogP contribution in [0.25, 0.3) is 0 Å². The van der Waals surface area contributed by atoms with Crippen LogP contribution in [-0.2, 0) is 30.2 Å². The van der Waals surface area contributed by atoms with Crippen molar-refractivity contribution in [1.29, 1.82) is 0 Å². The molecule has 0 aromatic carbocycles. The van der Waals surface area contributed by atoms with E-state index in [9.17, 15) is 8.42 Å². The van der Waals surface area contributed by atoms with Crippen LogP contribution in [0.1, 0.15) is 22.9 Å². The van der Waals surface area contributed by atoms with Gasteiger partial charge in [0.2, 0.25) is 10.0 Å². The van der Waals surface area contributed by atoms with Crippen LogP contribution in [0.5, 0.6) is 0 Å². The molecule has 2 N–H and O–H groups in total. The van der Waals surface area contributed by atoms with Gasteiger partial charge in [0, 0.05) is 36.8 Å². The van der Waals surface area contributed by atoms with Crippen molar-refractivity contribution in [3.8, 4) is 0 Å². The third-order valence-electron chi connectivity index (χ3n) is 3.02. The molecule has 0 fully saturated rings. The number of nitrogens with zero attached hydrogens (tertiary/aromatic N) is 2. The van der Waals surface area contributed by atoms with Crippen molar-refractivity contribution < 1.29 is 8.42 Å². The van der Waals surface area contributed by atoms with E-state index in [1.165, 1.54) is 11.3 Å². The van der Waals surface area contributed by atoms with E-state index >= 15 is 0 Å². The highest BCUT2D eigenvalue weighted by Gasteiger charge is 2.18. The first kappa shape index (κ1) is 16.2. The average Bonchev–Trinajstić information content (AvgIpc) is 3.01. The van der Waals surface area contributed by atoms with Gasteiger partial charge < -0.3 is 5.32 Å². The normalized spacial score (nSPS) is 12.0. The molecule has 0 bridgehead atoms. The van der Waals surface area contributed by atoms with Crippen molar-refractivity contribution in [3.63, 3.8) is 0 Å². The molecule has 2 aromatic rings. The van der Waals surface area contributed by atoms with Crippen molar-refractivity contribution in [3.05, 3.63) is 34.5 Å². The predicted octanol–water partition coefficient (Wildman–Crippen LogP) is 1.38. The lowest BCUT2D eigenvalue weighted by atomic mass is 10.3. The molecule has 0 radical (unpaired) electrons. The number of sulfonamides is 1. The van der Waals surface area contributed by atoms with E-state index in [2.05, 4.69) is 15.1 Å². The molecule has 2 aromatic heterocycles. The fourth-order valence-corrected chi connectivity index (χ4v) is 4.47. The van der Waals surface area contributed by atoms with E-state index in [0.717, 1.165) is 22.5 Å². The van der Waals surface area contributed by atoms with Gasteiger partial charge in [0.25, 0.3) is 0 Å². The van der Waals surface area contributed by atoms with Gasteiger partial charge in [-0.1, -0.05) is 6.92 Å². The highest BCUT2D eigenvalue weighted by atomic mass is 32.2. The minimum absolute atomic E-state index is 0.246. The zero-order valence-electron chi connectivity index (χ0n) is 12.4. The molecule has 0 aliphatic carbocycles. The van der Waals surface area contributed by atoms with Crippen LogP contribution in [0.4, 0.5) is 0 Å². The molecular formula is C13H20N4O2S2. The molecule has 0 saturated carbocycles. The van der Waals surface area contributed by atoms with Gasteiger partial charge in [-0.25, -0.2) is 13.1 Å². The van der Waals surface area contributed by atoms with Crippen LogP contribution in [0.15, 0.2) is 22.7 Å². The quantitative estimate of drug-likeness (QED) is 0.805. The maximum atomic E-state index is 12.3. The van der Waals surface area contributed by atoms with Crippen molar-refractivity contribution in [2.45, 2.75) is 31.1 Å². The van der Waals surface area contributed by atoms with E-state index in [0.29, 0.717) is 10.8 Å². The van der Waals surface area contributed by atoms with Gasteiger partial charge in [-0.05, 0) is 25.1 Å². The first-order valence-corrected chi connectivity index (χ1v) is 8.99. The summed E-state index contributed by atoms with van der Waals surface area (Å²) in [4.78, 5) is 1.05. The first-order valence-electron chi connectivity index (χ1n) is 6.69. The van der Waals surface area contributed by atoms with Crippen LogP contribution >= 0.6 is 11.3 Å². The minimum Gasteiger partial charge on any atom is -0.312 e. The SMILES string of the molecule is CCNCc1sc(S(=O)(=O)NCc2cnn(C)c2)cc1C. The molecule has 0 aliphatic rings. The second kappa shape index (κ2) is 6.69. The molecule has 116 valence electrons. The summed E-state index contributed by atoms with van der Waals surface area (Å²) in [7, 11) is -1.67. The Morgan fingerprint density at radius 3 is 2.76 bits per heavy atom. The molecule has 21 heavy (non-hydrogen) atoms. The standard InChI is InChI=1S/C13H20N4O2S2/c1-4-14-8-12-10(2)5-13(20-12)21(18,19)16-7-11-6-15-17(3)9-11/h5-6,9,14,16H,4,7-8H2,1-3H3. The Hall–Kier alpha value is -1.22. The van der Waals surface area contributed by atoms with Gasteiger partial charge in [-0.3, -0.25) is 4.68 Å². The topological polar surface area (TPSA) is 76.0 Å². The second-order valence-corrected chi connectivity index (χ2v) is 7.93. The molecule has 2 heterocycles. The summed E-state index contributed by atoms with van der Waals surface area (Å²) >= 11 is 1.31. The van der Waals surface area contributed by atoms with Gasteiger partial charge >= 0.3 is 0 Å². The Bertz CT molecular complexity index is 704. The Morgan fingerprint density at radius 1 is 1.38 bits per heavy atom. The van der Waals surface area contributed by atoms with E-state index in [4.69, 9.17) is 0 Å². The maximum absolute atomic E-state index is 12.3. The number of hydrogen-bond acceptors (Lipinski definition) is 5. The van der Waals surface area contributed by atoms with Crippen molar-refractivity contribution >= 4 is 21.4 Å². The van der Waals surface area contributed by atoms with Crippen LogP contribution in [-0.4, -0.2) is 24.7 Å². The molecule has 0 atom stereocenters. The van der Waals surface area contributed by atoms with E-state index in [1.807, 2.05) is 13.8 Å². The zero-order chi connectivity index (χ0) is 15.5. The smallest absolute Gasteiger partial charge is 0.250 e. The van der Waals surface area contributed by atoms with Crippen LogP contribution in [0.3, 0.4) is 0 Å². The summed E-state index contributed by atoms with van der Waals surface area (Å²) in [5.41, 5.74) is 1.84. The molecule has 0 spiro atoms. The van der Waals surface area contributed by atoms with Gasteiger partial charge in [0.05, 0.1) is 6.20 Å². The average molecular weight is 328 g/mol. The van der Waals surface area contributed by atoms with Crippen molar-refractivity contribution in [1.82, 2.24) is 19.8 Å². The van der Waals surface area contributed by atoms with Gasteiger partial charge in [0.1, 0.15) is 4.21 Å². The number of rotatable bonds is 7. The van der Waals surface area contributed by atoms with Crippen molar-refractivity contribution in [2.24, 2.45) is 7.05 Å². The van der Waals surface area contributed by atoms with Crippen LogP contribution in [0.2, 0.25) is 0 Å². The van der Waals surface area contributed by atoms with E-state index in [1.54, 1.807) is 30.2 Å². The number of hydrogen-bond donors (Lipinski definition) is 2. The van der Waals surface area contributed by atoms with Crippen LogP contribution in [0, 0.1) is 6.92 Å². The molecule has 8 heteroatoms. The summed E-state index contributed by atoms with van der Waals surface area (Å²) < 4.78 is 29.2. The number of aryl methyl sites for hydroxylation is 2. The molecule has 0 unspecified atom stereocenters. The highest BCUT2D eigenvalue weighted by Crippen LogP contribution is 2.25. The Labute approximate surface area is 129 Å². The molecule has 0 saturated heterocycles. The van der Waals surface area contributed by atoms with Gasteiger partial charge in [-0.15, -0.1) is 11.3 Å². The molecular weight excluding hydrogens is 308 g/mol. The number of thiophene rings is 1. The highest BCUT2D eigenvalue weighted by molar-refractivity contribution is 7.91.